The molecular weight excluding hydrogens is 301 g/mol. The molecule has 0 amide bonds. The Hall–Kier alpha value is -1.92. The number of aromatic nitrogens is 2. The lowest BCUT2D eigenvalue weighted by Gasteiger charge is -2.04. The molecule has 1 aromatic carbocycles. The van der Waals surface area contributed by atoms with Crippen molar-refractivity contribution >= 4 is 28.6 Å². The monoisotopic (exact) mass is 309 g/mol. The van der Waals surface area contributed by atoms with Crippen molar-refractivity contribution in [3.63, 3.8) is 0 Å². The molecule has 2 heterocycles. The van der Waals surface area contributed by atoms with E-state index in [0.29, 0.717) is 22.4 Å². The summed E-state index contributed by atoms with van der Waals surface area (Å²) in [5.41, 5.74) is 1.24. The maximum absolute atomic E-state index is 13.6. The van der Waals surface area contributed by atoms with Gasteiger partial charge in [-0.05, 0) is 29.6 Å². The topological polar surface area (TPSA) is 51.0 Å². The Morgan fingerprint density at radius 1 is 1.35 bits per heavy atom. The molecule has 0 aliphatic carbocycles. The maximum Gasteiger partial charge on any atom is 0.246 e. The van der Waals surface area contributed by atoms with Gasteiger partial charge in [0.1, 0.15) is 5.82 Å². The van der Waals surface area contributed by atoms with E-state index in [-0.39, 0.29) is 6.54 Å². The minimum absolute atomic E-state index is 0.246. The average molecular weight is 310 g/mol. The molecule has 4 nitrogen and oxygen atoms in total. The highest BCUT2D eigenvalue weighted by atomic mass is 35.5. The highest BCUT2D eigenvalue weighted by Gasteiger charge is 2.09. The third-order valence-corrected chi connectivity index (χ3v) is 3.53. The summed E-state index contributed by atoms with van der Waals surface area (Å²) in [6.07, 6.45) is 0. The number of hydrogen-bond donors (Lipinski definition) is 1. The second-order valence-corrected chi connectivity index (χ2v) is 5.22. The smallest absolute Gasteiger partial charge is 0.246 e. The lowest BCUT2D eigenvalue weighted by molar-refractivity contribution is 0.384. The maximum atomic E-state index is 13.6. The molecular formula is C13H9ClFN3OS. The predicted octanol–water partition coefficient (Wildman–Crippen LogP) is 4.20. The van der Waals surface area contributed by atoms with Gasteiger partial charge in [-0.3, -0.25) is 0 Å². The van der Waals surface area contributed by atoms with Crippen LogP contribution in [0.1, 0.15) is 5.89 Å². The largest absolute Gasteiger partial charge is 0.374 e. The van der Waals surface area contributed by atoms with Crippen LogP contribution in [-0.4, -0.2) is 10.1 Å². The highest BCUT2D eigenvalue weighted by molar-refractivity contribution is 7.08. The molecule has 0 spiro atoms. The number of thiophene rings is 1. The molecule has 3 rings (SSSR count). The number of benzene rings is 1. The van der Waals surface area contributed by atoms with E-state index in [2.05, 4.69) is 15.5 Å². The van der Waals surface area contributed by atoms with Gasteiger partial charge in [0, 0.05) is 16.0 Å². The zero-order valence-electron chi connectivity index (χ0n) is 10.1. The lowest BCUT2D eigenvalue weighted by Crippen LogP contribution is -2.01. The van der Waals surface area contributed by atoms with Crippen LogP contribution in [0, 0.1) is 5.82 Å². The fourth-order valence-electron chi connectivity index (χ4n) is 1.64. The Labute approximate surface area is 123 Å². The van der Waals surface area contributed by atoms with Gasteiger partial charge in [-0.2, -0.15) is 16.3 Å². The van der Waals surface area contributed by atoms with Crippen molar-refractivity contribution in [2.24, 2.45) is 0 Å². The molecule has 0 aliphatic heterocycles. The standard InChI is InChI=1S/C13H9ClFN3OS/c14-9-1-2-11(10(15)5-9)16-6-12-17-13(18-19-12)8-3-4-20-7-8/h1-5,7,16H,6H2. The lowest BCUT2D eigenvalue weighted by atomic mass is 10.3. The third-order valence-electron chi connectivity index (χ3n) is 2.61. The molecule has 0 fully saturated rings. The van der Waals surface area contributed by atoms with Crippen LogP contribution in [0.3, 0.4) is 0 Å². The van der Waals surface area contributed by atoms with Crippen LogP contribution < -0.4 is 5.32 Å². The van der Waals surface area contributed by atoms with Crippen molar-refractivity contribution in [3.05, 3.63) is 51.8 Å². The number of nitrogens with zero attached hydrogens (tertiary/aromatic N) is 2. The van der Waals surface area contributed by atoms with Crippen molar-refractivity contribution in [1.82, 2.24) is 10.1 Å². The number of hydrogen-bond acceptors (Lipinski definition) is 5. The summed E-state index contributed by atoms with van der Waals surface area (Å²) >= 11 is 7.24. The zero-order valence-corrected chi connectivity index (χ0v) is 11.7. The summed E-state index contributed by atoms with van der Waals surface area (Å²) in [5.74, 6) is 0.496. The van der Waals surface area contributed by atoms with Gasteiger partial charge in [0.25, 0.3) is 0 Å². The summed E-state index contributed by atoms with van der Waals surface area (Å²) in [6.45, 7) is 0.246. The number of anilines is 1. The van der Waals surface area contributed by atoms with E-state index in [1.807, 2.05) is 16.8 Å². The van der Waals surface area contributed by atoms with E-state index in [0.717, 1.165) is 5.56 Å². The van der Waals surface area contributed by atoms with Gasteiger partial charge >= 0.3 is 0 Å². The quantitative estimate of drug-likeness (QED) is 0.784. The molecule has 0 radical (unpaired) electrons. The van der Waals surface area contributed by atoms with Gasteiger partial charge in [-0.1, -0.05) is 16.8 Å². The summed E-state index contributed by atoms with van der Waals surface area (Å²) < 4.78 is 18.7. The molecule has 102 valence electrons. The van der Waals surface area contributed by atoms with Gasteiger partial charge < -0.3 is 9.84 Å². The summed E-state index contributed by atoms with van der Waals surface area (Å²) in [7, 11) is 0. The fraction of sp³-hybridized carbons (Fsp3) is 0.0769. The Morgan fingerprint density at radius 2 is 2.25 bits per heavy atom. The molecule has 7 heteroatoms. The van der Waals surface area contributed by atoms with Crippen molar-refractivity contribution in [2.75, 3.05) is 5.32 Å². The molecule has 3 aromatic rings. The fourth-order valence-corrected chi connectivity index (χ4v) is 2.43. The predicted molar refractivity (Wildman–Crippen MR) is 76.3 cm³/mol. The van der Waals surface area contributed by atoms with Crippen molar-refractivity contribution in [3.8, 4) is 11.4 Å². The van der Waals surface area contributed by atoms with Crippen molar-refractivity contribution < 1.29 is 8.91 Å². The summed E-state index contributed by atoms with van der Waals surface area (Å²) in [6, 6.07) is 6.32. The molecule has 0 aliphatic rings. The number of nitrogens with one attached hydrogen (secondary N) is 1. The van der Waals surface area contributed by atoms with Crippen LogP contribution in [0.5, 0.6) is 0 Å². The molecule has 0 saturated carbocycles. The Kier molecular flexibility index (Phi) is 3.66. The molecule has 2 aromatic heterocycles. The average Bonchev–Trinajstić information content (AvgIpc) is 3.08. The van der Waals surface area contributed by atoms with Crippen LogP contribution >= 0.6 is 22.9 Å². The number of rotatable bonds is 4. The first-order valence-electron chi connectivity index (χ1n) is 5.76. The van der Waals surface area contributed by atoms with Crippen LogP contribution in [0.2, 0.25) is 5.02 Å². The van der Waals surface area contributed by atoms with Gasteiger partial charge in [0.15, 0.2) is 0 Å². The Balaban J connectivity index is 1.70. The Bertz CT molecular complexity index is 714. The van der Waals surface area contributed by atoms with E-state index in [4.69, 9.17) is 16.1 Å². The third kappa shape index (κ3) is 2.81. The van der Waals surface area contributed by atoms with E-state index in [1.54, 1.807) is 23.5 Å². The number of halogens is 2. The van der Waals surface area contributed by atoms with Crippen LogP contribution in [-0.2, 0) is 6.54 Å². The van der Waals surface area contributed by atoms with Gasteiger partial charge in [0.2, 0.25) is 11.7 Å². The minimum Gasteiger partial charge on any atom is -0.374 e. The second kappa shape index (κ2) is 5.60. The molecule has 20 heavy (non-hydrogen) atoms. The first kappa shape index (κ1) is 13.1. The Morgan fingerprint density at radius 3 is 3.00 bits per heavy atom. The van der Waals surface area contributed by atoms with Crippen molar-refractivity contribution in [2.45, 2.75) is 6.54 Å². The van der Waals surface area contributed by atoms with Gasteiger partial charge in [0.05, 0.1) is 12.2 Å². The molecule has 0 bridgehead atoms. The van der Waals surface area contributed by atoms with E-state index < -0.39 is 5.82 Å². The van der Waals surface area contributed by atoms with Gasteiger partial charge in [-0.15, -0.1) is 0 Å². The molecule has 0 unspecified atom stereocenters. The van der Waals surface area contributed by atoms with Crippen LogP contribution in [0.25, 0.3) is 11.4 Å². The van der Waals surface area contributed by atoms with E-state index >= 15 is 0 Å². The minimum atomic E-state index is -0.421. The first-order valence-corrected chi connectivity index (χ1v) is 7.08. The van der Waals surface area contributed by atoms with E-state index in [9.17, 15) is 4.39 Å². The second-order valence-electron chi connectivity index (χ2n) is 4.00. The summed E-state index contributed by atoms with van der Waals surface area (Å²) in [4.78, 5) is 4.23. The van der Waals surface area contributed by atoms with E-state index in [1.165, 1.54) is 6.07 Å². The van der Waals surface area contributed by atoms with Gasteiger partial charge in [-0.25, -0.2) is 4.39 Å². The summed E-state index contributed by atoms with van der Waals surface area (Å²) in [5, 5.41) is 11.0. The van der Waals surface area contributed by atoms with Crippen molar-refractivity contribution in [1.29, 1.82) is 0 Å². The molecule has 1 N–H and O–H groups in total. The van der Waals surface area contributed by atoms with Crippen LogP contribution in [0.4, 0.5) is 10.1 Å². The zero-order chi connectivity index (χ0) is 13.9. The SMILES string of the molecule is Fc1cc(Cl)ccc1NCc1nc(-c2ccsc2)no1. The van der Waals surface area contributed by atoms with Crippen LogP contribution in [0.15, 0.2) is 39.5 Å². The molecule has 0 saturated heterocycles. The first-order chi connectivity index (χ1) is 9.72. The normalized spacial score (nSPS) is 10.7. The highest BCUT2D eigenvalue weighted by Crippen LogP contribution is 2.21. The molecule has 0 atom stereocenters.